The Morgan fingerprint density at radius 1 is 1.29 bits per heavy atom. The third kappa shape index (κ3) is 3.24. The second kappa shape index (κ2) is 5.47. The van der Waals surface area contributed by atoms with Gasteiger partial charge in [-0.2, -0.15) is 0 Å². The van der Waals surface area contributed by atoms with Gasteiger partial charge in [0.05, 0.1) is 6.10 Å². The number of phenols is 1. The zero-order valence-corrected chi connectivity index (χ0v) is 7.76. The minimum Gasteiger partial charge on any atom is -0.504 e. The van der Waals surface area contributed by atoms with Crippen molar-refractivity contribution in [3.8, 4) is 11.5 Å². The van der Waals surface area contributed by atoms with Crippen LogP contribution in [-0.4, -0.2) is 34.6 Å². The van der Waals surface area contributed by atoms with Crippen molar-refractivity contribution < 1.29 is 20.1 Å². The van der Waals surface area contributed by atoms with Crippen molar-refractivity contribution in [2.75, 3.05) is 13.2 Å². The number of phenolic OH excluding ortho intramolecular Hbond substituents is 1. The lowest BCUT2D eigenvalue weighted by atomic mass is 10.3. The van der Waals surface area contributed by atoms with E-state index in [-0.39, 0.29) is 25.4 Å². The molecule has 1 rings (SSSR count). The van der Waals surface area contributed by atoms with Crippen LogP contribution in [0.1, 0.15) is 6.42 Å². The number of aliphatic hydroxyl groups is 2. The summed E-state index contributed by atoms with van der Waals surface area (Å²) < 4.78 is 5.14. The third-order valence-corrected chi connectivity index (χ3v) is 1.76. The standard InChI is InChI=1S/C10H14O4/c11-6-5-8(12)7-14-10-4-2-1-3-9(10)13/h1-4,8,11-13H,5-7H2. The van der Waals surface area contributed by atoms with E-state index >= 15 is 0 Å². The van der Waals surface area contributed by atoms with Crippen LogP contribution >= 0.6 is 0 Å². The first-order valence-corrected chi connectivity index (χ1v) is 4.43. The molecule has 0 aliphatic carbocycles. The van der Waals surface area contributed by atoms with Crippen LogP contribution < -0.4 is 4.74 Å². The van der Waals surface area contributed by atoms with Crippen molar-refractivity contribution >= 4 is 0 Å². The predicted octanol–water partition coefficient (Wildman–Crippen LogP) is 0.514. The van der Waals surface area contributed by atoms with Crippen molar-refractivity contribution in [1.29, 1.82) is 0 Å². The highest BCUT2D eigenvalue weighted by Gasteiger charge is 2.06. The fourth-order valence-electron chi connectivity index (χ4n) is 0.998. The van der Waals surface area contributed by atoms with E-state index in [1.807, 2.05) is 0 Å². The van der Waals surface area contributed by atoms with Crippen LogP contribution in [0, 0.1) is 0 Å². The zero-order chi connectivity index (χ0) is 10.4. The summed E-state index contributed by atoms with van der Waals surface area (Å²) in [4.78, 5) is 0. The molecule has 0 heterocycles. The molecule has 3 N–H and O–H groups in total. The number of benzene rings is 1. The van der Waals surface area contributed by atoms with Crippen LogP contribution in [-0.2, 0) is 0 Å². The summed E-state index contributed by atoms with van der Waals surface area (Å²) in [6.07, 6.45) is -0.437. The molecule has 0 aliphatic rings. The highest BCUT2D eigenvalue weighted by molar-refractivity contribution is 5.37. The third-order valence-electron chi connectivity index (χ3n) is 1.76. The Bertz CT molecular complexity index is 275. The molecule has 0 bridgehead atoms. The van der Waals surface area contributed by atoms with Gasteiger partial charge in [-0.1, -0.05) is 12.1 Å². The molecule has 1 aromatic rings. The Morgan fingerprint density at radius 3 is 2.64 bits per heavy atom. The fourth-order valence-corrected chi connectivity index (χ4v) is 0.998. The zero-order valence-electron chi connectivity index (χ0n) is 7.76. The van der Waals surface area contributed by atoms with E-state index in [2.05, 4.69) is 0 Å². The van der Waals surface area contributed by atoms with Gasteiger partial charge in [0.15, 0.2) is 11.5 Å². The summed E-state index contributed by atoms with van der Waals surface area (Å²) in [5.41, 5.74) is 0. The van der Waals surface area contributed by atoms with Crippen LogP contribution in [0.15, 0.2) is 24.3 Å². The van der Waals surface area contributed by atoms with Gasteiger partial charge < -0.3 is 20.1 Å². The molecule has 0 aliphatic heterocycles. The molecule has 1 atom stereocenters. The Balaban J connectivity index is 2.41. The SMILES string of the molecule is OCCC(O)COc1ccccc1O. The predicted molar refractivity (Wildman–Crippen MR) is 51.3 cm³/mol. The molecule has 0 aromatic heterocycles. The first kappa shape index (κ1) is 10.8. The quantitative estimate of drug-likeness (QED) is 0.645. The topological polar surface area (TPSA) is 69.9 Å². The molecule has 4 heteroatoms. The van der Waals surface area contributed by atoms with Gasteiger partial charge in [-0.05, 0) is 18.6 Å². The number of rotatable bonds is 5. The smallest absolute Gasteiger partial charge is 0.161 e. The van der Waals surface area contributed by atoms with Gasteiger partial charge in [-0.15, -0.1) is 0 Å². The van der Waals surface area contributed by atoms with Crippen molar-refractivity contribution in [3.63, 3.8) is 0 Å². The molecule has 0 fully saturated rings. The van der Waals surface area contributed by atoms with E-state index < -0.39 is 6.10 Å². The van der Waals surface area contributed by atoms with Crippen LogP contribution in [0.25, 0.3) is 0 Å². The van der Waals surface area contributed by atoms with E-state index in [1.54, 1.807) is 18.2 Å². The van der Waals surface area contributed by atoms with Crippen molar-refractivity contribution in [2.24, 2.45) is 0 Å². The number of para-hydroxylation sites is 2. The van der Waals surface area contributed by atoms with Gasteiger partial charge in [0.25, 0.3) is 0 Å². The maximum absolute atomic E-state index is 9.30. The van der Waals surface area contributed by atoms with Gasteiger partial charge in [0.1, 0.15) is 6.61 Å². The Labute approximate surface area is 82.4 Å². The second-order valence-corrected chi connectivity index (χ2v) is 2.94. The molecule has 4 nitrogen and oxygen atoms in total. The molecule has 0 spiro atoms. The molecule has 1 unspecified atom stereocenters. The molecular weight excluding hydrogens is 184 g/mol. The Kier molecular flexibility index (Phi) is 4.22. The summed E-state index contributed by atoms with van der Waals surface area (Å²) in [5.74, 6) is 0.383. The van der Waals surface area contributed by atoms with E-state index in [0.717, 1.165) is 0 Å². The van der Waals surface area contributed by atoms with E-state index in [4.69, 9.17) is 9.84 Å². The molecule has 0 saturated heterocycles. The van der Waals surface area contributed by atoms with Crippen LogP contribution in [0.5, 0.6) is 11.5 Å². The summed E-state index contributed by atoms with van der Waals surface area (Å²) >= 11 is 0. The van der Waals surface area contributed by atoms with Gasteiger partial charge >= 0.3 is 0 Å². The number of aliphatic hydroxyl groups excluding tert-OH is 2. The van der Waals surface area contributed by atoms with Gasteiger partial charge in [0.2, 0.25) is 0 Å². The van der Waals surface area contributed by atoms with Gasteiger partial charge in [0, 0.05) is 6.61 Å². The molecule has 1 aromatic carbocycles. The largest absolute Gasteiger partial charge is 0.504 e. The van der Waals surface area contributed by atoms with E-state index in [1.165, 1.54) is 6.07 Å². The number of hydrogen-bond acceptors (Lipinski definition) is 4. The Hall–Kier alpha value is -1.26. The first-order chi connectivity index (χ1) is 6.74. The minimum absolute atomic E-state index is 0.0451. The van der Waals surface area contributed by atoms with Crippen LogP contribution in [0.2, 0.25) is 0 Å². The first-order valence-electron chi connectivity index (χ1n) is 4.43. The Morgan fingerprint density at radius 2 is 2.00 bits per heavy atom. The number of aromatic hydroxyl groups is 1. The molecule has 0 radical (unpaired) electrons. The maximum atomic E-state index is 9.30. The van der Waals surface area contributed by atoms with Crippen molar-refractivity contribution in [3.05, 3.63) is 24.3 Å². The van der Waals surface area contributed by atoms with Crippen molar-refractivity contribution in [2.45, 2.75) is 12.5 Å². The highest BCUT2D eigenvalue weighted by Crippen LogP contribution is 2.24. The average Bonchev–Trinajstić information content (AvgIpc) is 2.17. The molecule has 14 heavy (non-hydrogen) atoms. The summed E-state index contributed by atoms with van der Waals surface area (Å²) in [7, 11) is 0. The molecule has 0 amide bonds. The fraction of sp³-hybridized carbons (Fsp3) is 0.400. The number of hydrogen-bond donors (Lipinski definition) is 3. The van der Waals surface area contributed by atoms with Crippen molar-refractivity contribution in [1.82, 2.24) is 0 Å². The molecule has 78 valence electrons. The van der Waals surface area contributed by atoms with Crippen LogP contribution in [0.3, 0.4) is 0 Å². The summed E-state index contributed by atoms with van der Waals surface area (Å²) in [6, 6.07) is 6.54. The summed E-state index contributed by atoms with van der Waals surface area (Å²) in [6.45, 7) is -0.0105. The highest BCUT2D eigenvalue weighted by atomic mass is 16.5. The molecule has 0 saturated carbocycles. The molecular formula is C10H14O4. The van der Waals surface area contributed by atoms with E-state index in [0.29, 0.717) is 5.75 Å². The monoisotopic (exact) mass is 198 g/mol. The van der Waals surface area contributed by atoms with Gasteiger partial charge in [-0.25, -0.2) is 0 Å². The summed E-state index contributed by atoms with van der Waals surface area (Å²) in [5, 5.41) is 27.1. The van der Waals surface area contributed by atoms with Gasteiger partial charge in [-0.3, -0.25) is 0 Å². The lowest BCUT2D eigenvalue weighted by Crippen LogP contribution is -2.18. The normalized spacial score (nSPS) is 12.4. The second-order valence-electron chi connectivity index (χ2n) is 2.94. The van der Waals surface area contributed by atoms with Crippen LogP contribution in [0.4, 0.5) is 0 Å². The maximum Gasteiger partial charge on any atom is 0.161 e. The lowest BCUT2D eigenvalue weighted by Gasteiger charge is -2.11. The average molecular weight is 198 g/mol. The lowest BCUT2D eigenvalue weighted by molar-refractivity contribution is 0.0810. The number of ether oxygens (including phenoxy) is 1. The minimum atomic E-state index is -0.709. The van der Waals surface area contributed by atoms with E-state index in [9.17, 15) is 10.2 Å².